The van der Waals surface area contributed by atoms with E-state index in [9.17, 15) is 0 Å². The van der Waals surface area contributed by atoms with Gasteiger partial charge in [-0.3, -0.25) is 0 Å². The Balaban J connectivity index is 0.00000136. The third kappa shape index (κ3) is 5.44. The molecule has 5 rings (SSSR count). The number of aromatic nitrogens is 3. The Morgan fingerprint density at radius 1 is 0.971 bits per heavy atom. The van der Waals surface area contributed by atoms with Crippen LogP contribution in [0.25, 0.3) is 22.2 Å². The average Bonchev–Trinajstić information content (AvgIpc) is 3.38. The van der Waals surface area contributed by atoms with Crippen LogP contribution >= 0.6 is 24.8 Å². The van der Waals surface area contributed by atoms with E-state index in [0.29, 0.717) is 17.5 Å². The predicted octanol–water partition coefficient (Wildman–Crippen LogP) is 3.84. The van der Waals surface area contributed by atoms with E-state index in [2.05, 4.69) is 62.5 Å². The van der Waals surface area contributed by atoms with Crippen LogP contribution in [0.2, 0.25) is 0 Å². The summed E-state index contributed by atoms with van der Waals surface area (Å²) in [6, 6.07) is 12.6. The van der Waals surface area contributed by atoms with Gasteiger partial charge in [-0.25, -0.2) is 0 Å². The standard InChI is InChI=1S/C23H25N5O3.2ClH.H2O/c1-15-22(16(2)30-25-15)23-24-21(26-31-23)14-29-18-8-7-17-5-4-6-20(19(17)13-18)28-11-9-27(3)10-12-28;;;/h4-8,13H,9-12,14H2,1-3H3;2*1H;1H2. The number of ether oxygens (including phenoxy) is 1. The van der Waals surface area contributed by atoms with E-state index in [-0.39, 0.29) is 36.9 Å². The molecule has 0 atom stereocenters. The molecule has 0 amide bonds. The number of halogens is 2. The number of rotatable bonds is 5. The first-order valence-corrected chi connectivity index (χ1v) is 10.4. The average molecular weight is 510 g/mol. The molecule has 2 N–H and O–H groups in total. The van der Waals surface area contributed by atoms with Gasteiger partial charge >= 0.3 is 0 Å². The Hall–Kier alpha value is -2.85. The van der Waals surface area contributed by atoms with E-state index in [1.807, 2.05) is 19.9 Å². The molecular formula is C23H29Cl2N5O4. The van der Waals surface area contributed by atoms with Crippen LogP contribution < -0.4 is 9.64 Å². The summed E-state index contributed by atoms with van der Waals surface area (Å²) in [7, 11) is 2.17. The van der Waals surface area contributed by atoms with E-state index in [1.165, 1.54) is 16.5 Å². The van der Waals surface area contributed by atoms with Gasteiger partial charge in [0.05, 0.1) is 5.69 Å². The first-order valence-electron chi connectivity index (χ1n) is 10.4. The zero-order valence-electron chi connectivity index (χ0n) is 19.3. The monoisotopic (exact) mass is 509 g/mol. The van der Waals surface area contributed by atoms with Crippen molar-refractivity contribution < 1.29 is 19.3 Å². The zero-order valence-corrected chi connectivity index (χ0v) is 20.9. The molecule has 34 heavy (non-hydrogen) atoms. The van der Waals surface area contributed by atoms with Gasteiger partial charge in [-0.1, -0.05) is 28.5 Å². The van der Waals surface area contributed by atoms with E-state index in [0.717, 1.165) is 43.2 Å². The second kappa shape index (κ2) is 11.5. The van der Waals surface area contributed by atoms with Crippen LogP contribution in [-0.2, 0) is 6.61 Å². The molecule has 184 valence electrons. The second-order valence-corrected chi connectivity index (χ2v) is 7.95. The molecule has 1 aliphatic heterocycles. The maximum Gasteiger partial charge on any atom is 0.263 e. The highest BCUT2D eigenvalue weighted by molar-refractivity contribution is 5.95. The highest BCUT2D eigenvalue weighted by Crippen LogP contribution is 2.31. The predicted molar refractivity (Wildman–Crippen MR) is 135 cm³/mol. The molecule has 3 heterocycles. The second-order valence-electron chi connectivity index (χ2n) is 7.95. The van der Waals surface area contributed by atoms with Crippen molar-refractivity contribution in [3.63, 3.8) is 0 Å². The number of nitrogens with zero attached hydrogens (tertiary/aromatic N) is 5. The minimum absolute atomic E-state index is 0. The van der Waals surface area contributed by atoms with Crippen LogP contribution in [0.15, 0.2) is 45.4 Å². The molecule has 0 radical (unpaired) electrons. The molecule has 4 aromatic rings. The maximum atomic E-state index is 6.00. The maximum absolute atomic E-state index is 6.00. The van der Waals surface area contributed by atoms with E-state index >= 15 is 0 Å². The zero-order chi connectivity index (χ0) is 21.4. The molecule has 1 saturated heterocycles. The molecular weight excluding hydrogens is 481 g/mol. The lowest BCUT2D eigenvalue weighted by Crippen LogP contribution is -2.44. The van der Waals surface area contributed by atoms with Crippen molar-refractivity contribution in [3.8, 4) is 17.2 Å². The number of aryl methyl sites for hydroxylation is 2. The van der Waals surface area contributed by atoms with Gasteiger partial charge in [0.2, 0.25) is 5.82 Å². The fourth-order valence-electron chi connectivity index (χ4n) is 4.00. The summed E-state index contributed by atoms with van der Waals surface area (Å²) >= 11 is 0. The molecule has 0 unspecified atom stereocenters. The Labute approximate surface area is 210 Å². The molecule has 0 spiro atoms. The number of hydrogen-bond acceptors (Lipinski definition) is 8. The lowest BCUT2D eigenvalue weighted by Gasteiger charge is -2.34. The highest BCUT2D eigenvalue weighted by atomic mass is 35.5. The first-order chi connectivity index (χ1) is 15.1. The van der Waals surface area contributed by atoms with Crippen molar-refractivity contribution in [3.05, 3.63) is 53.7 Å². The van der Waals surface area contributed by atoms with E-state index < -0.39 is 0 Å². The van der Waals surface area contributed by atoms with Gasteiger partial charge in [0.25, 0.3) is 5.89 Å². The summed E-state index contributed by atoms with van der Waals surface area (Å²) in [5.74, 6) is 2.30. The summed E-state index contributed by atoms with van der Waals surface area (Å²) in [5.41, 5.74) is 2.71. The summed E-state index contributed by atoms with van der Waals surface area (Å²) < 4.78 is 16.6. The van der Waals surface area contributed by atoms with Crippen molar-refractivity contribution in [2.45, 2.75) is 20.5 Å². The van der Waals surface area contributed by atoms with Crippen LogP contribution in [0, 0.1) is 13.8 Å². The number of anilines is 1. The number of likely N-dealkylation sites (N-methyl/N-ethyl adjacent to an activating group) is 1. The Morgan fingerprint density at radius 2 is 1.74 bits per heavy atom. The van der Waals surface area contributed by atoms with Crippen molar-refractivity contribution in [2.24, 2.45) is 0 Å². The summed E-state index contributed by atoms with van der Waals surface area (Å²) in [4.78, 5) is 9.24. The Kier molecular flexibility index (Phi) is 9.29. The van der Waals surface area contributed by atoms with Gasteiger partial charge in [-0.2, -0.15) is 4.98 Å². The van der Waals surface area contributed by atoms with Crippen LogP contribution in [-0.4, -0.2) is 58.9 Å². The third-order valence-electron chi connectivity index (χ3n) is 5.76. The van der Waals surface area contributed by atoms with Gasteiger partial charge in [-0.05, 0) is 44.5 Å². The molecule has 9 nitrogen and oxygen atoms in total. The summed E-state index contributed by atoms with van der Waals surface area (Å²) in [6.45, 7) is 8.06. The molecule has 2 aromatic heterocycles. The van der Waals surface area contributed by atoms with Crippen molar-refractivity contribution in [1.29, 1.82) is 0 Å². The number of fused-ring (bicyclic) bond motifs is 1. The number of piperazine rings is 1. The van der Waals surface area contributed by atoms with Gasteiger partial charge in [0.1, 0.15) is 17.1 Å². The smallest absolute Gasteiger partial charge is 0.263 e. The lowest BCUT2D eigenvalue weighted by molar-refractivity contribution is 0.287. The minimum Gasteiger partial charge on any atom is -0.485 e. The van der Waals surface area contributed by atoms with E-state index in [4.69, 9.17) is 13.8 Å². The van der Waals surface area contributed by atoms with Crippen LogP contribution in [0.3, 0.4) is 0 Å². The third-order valence-corrected chi connectivity index (χ3v) is 5.76. The van der Waals surface area contributed by atoms with Gasteiger partial charge in [0.15, 0.2) is 6.61 Å². The fraction of sp³-hybridized carbons (Fsp3) is 0.348. The molecule has 11 heteroatoms. The van der Waals surface area contributed by atoms with Crippen molar-refractivity contribution >= 4 is 41.3 Å². The lowest BCUT2D eigenvalue weighted by atomic mass is 10.1. The van der Waals surface area contributed by atoms with Crippen LogP contribution in [0.1, 0.15) is 17.3 Å². The number of benzene rings is 2. The SMILES string of the molecule is Cc1noc(C)c1-c1nc(COc2ccc3cccc(N4CCN(C)CC4)c3c2)no1.Cl.Cl.O. The topological polar surface area (TPSA) is 112 Å². The Bertz CT molecular complexity index is 1200. The van der Waals surface area contributed by atoms with E-state index in [1.54, 1.807) is 0 Å². The summed E-state index contributed by atoms with van der Waals surface area (Å²) in [5, 5.41) is 10.4. The molecule has 0 aliphatic carbocycles. The van der Waals surface area contributed by atoms with Gasteiger partial charge < -0.3 is 29.1 Å². The minimum atomic E-state index is 0. The van der Waals surface area contributed by atoms with Crippen molar-refractivity contribution in [1.82, 2.24) is 20.2 Å². The van der Waals surface area contributed by atoms with Gasteiger partial charge in [0, 0.05) is 37.3 Å². The molecule has 1 aliphatic rings. The number of hydrogen-bond donors (Lipinski definition) is 0. The normalized spacial score (nSPS) is 13.7. The van der Waals surface area contributed by atoms with Crippen molar-refractivity contribution in [2.75, 3.05) is 38.1 Å². The largest absolute Gasteiger partial charge is 0.485 e. The molecule has 2 aromatic carbocycles. The molecule has 0 saturated carbocycles. The van der Waals surface area contributed by atoms with Crippen LogP contribution in [0.4, 0.5) is 5.69 Å². The van der Waals surface area contributed by atoms with Crippen LogP contribution in [0.5, 0.6) is 5.75 Å². The van der Waals surface area contributed by atoms with Gasteiger partial charge in [-0.15, -0.1) is 24.8 Å². The molecule has 0 bridgehead atoms. The first kappa shape index (κ1) is 27.4. The molecule has 1 fully saturated rings. The Morgan fingerprint density at radius 3 is 2.44 bits per heavy atom. The highest BCUT2D eigenvalue weighted by Gasteiger charge is 2.19. The fourth-order valence-corrected chi connectivity index (χ4v) is 4.00. The summed E-state index contributed by atoms with van der Waals surface area (Å²) in [6.07, 6.45) is 0. The quantitative estimate of drug-likeness (QED) is 0.398.